The Morgan fingerprint density at radius 2 is 1.89 bits per heavy atom. The van der Waals surface area contributed by atoms with Crippen LogP contribution in [-0.4, -0.2) is 67.6 Å². The molecule has 7 nitrogen and oxygen atoms in total. The minimum Gasteiger partial charge on any atom is -0.378 e. The molecule has 1 aliphatic heterocycles. The van der Waals surface area contributed by atoms with Crippen molar-refractivity contribution < 1.29 is 41.2 Å². The minimum absolute atomic E-state index is 0.0336. The van der Waals surface area contributed by atoms with Gasteiger partial charge in [0.15, 0.2) is 13.0 Å². The second-order valence-corrected chi connectivity index (χ2v) is 9.23. The molecular formula is C22H24F5N3O4S. The van der Waals surface area contributed by atoms with Crippen LogP contribution in [0.2, 0.25) is 0 Å². The molecule has 192 valence electrons. The normalized spacial score (nSPS) is 20.1. The maximum Gasteiger partial charge on any atom is 0.420 e. The van der Waals surface area contributed by atoms with E-state index < -0.39 is 41.5 Å². The summed E-state index contributed by atoms with van der Waals surface area (Å²) in [5, 5.41) is 23.4. The zero-order valence-electron chi connectivity index (χ0n) is 18.7. The molecule has 0 radical (unpaired) electrons. The first-order chi connectivity index (χ1) is 16.4. The molecule has 1 unspecified atom stereocenters. The number of carbonyl (C=O) groups is 1. The van der Waals surface area contributed by atoms with Crippen LogP contribution in [0.25, 0.3) is 16.6 Å². The number of halogens is 5. The van der Waals surface area contributed by atoms with Gasteiger partial charge in [-0.05, 0) is 50.4 Å². The number of carbonyl (C=O) groups excluding carboxylic acids is 1. The third-order valence-electron chi connectivity index (χ3n) is 5.05. The second kappa shape index (κ2) is 11.8. The number of nitrogens with one attached hydrogen (secondary N) is 1. The summed E-state index contributed by atoms with van der Waals surface area (Å²) in [6, 6.07) is 9.13. The molecule has 1 saturated heterocycles. The quantitative estimate of drug-likeness (QED) is 0.360. The summed E-state index contributed by atoms with van der Waals surface area (Å²) in [7, 11) is 1.39. The summed E-state index contributed by atoms with van der Waals surface area (Å²) in [6.45, 7) is 0.842. The Bertz CT molecular complexity index is 1180. The van der Waals surface area contributed by atoms with E-state index in [9.17, 15) is 36.1 Å². The number of aliphatic hydroxyl groups is 2. The summed E-state index contributed by atoms with van der Waals surface area (Å²) in [6.07, 6.45) is -7.27. The number of benzene rings is 2. The predicted octanol–water partition coefficient (Wildman–Crippen LogP) is 3.21. The molecule has 0 aliphatic carbocycles. The molecule has 0 amide bonds. The highest BCUT2D eigenvalue weighted by Gasteiger charge is 2.42. The Kier molecular flexibility index (Phi) is 9.60. The van der Waals surface area contributed by atoms with E-state index in [1.165, 1.54) is 36.4 Å². The fourth-order valence-electron chi connectivity index (χ4n) is 3.21. The average molecular weight is 522 g/mol. The molecular weight excluding hydrogens is 497 g/mol. The van der Waals surface area contributed by atoms with Gasteiger partial charge in [0.2, 0.25) is 0 Å². The molecule has 1 fully saturated rings. The van der Waals surface area contributed by atoms with E-state index in [0.29, 0.717) is 6.29 Å². The van der Waals surface area contributed by atoms with Gasteiger partial charge in [0.05, 0.1) is 11.2 Å². The van der Waals surface area contributed by atoms with Gasteiger partial charge in [-0.3, -0.25) is 9.00 Å². The average Bonchev–Trinajstić information content (AvgIpc) is 3.16. The van der Waals surface area contributed by atoms with E-state index >= 15 is 0 Å². The number of hydrogen-bond donors (Lipinski definition) is 3. The first-order valence-electron chi connectivity index (χ1n) is 10.1. The zero-order valence-corrected chi connectivity index (χ0v) is 19.5. The molecule has 2 heterocycles. The van der Waals surface area contributed by atoms with Crippen LogP contribution in [0.4, 0.5) is 22.0 Å². The van der Waals surface area contributed by atoms with Crippen LogP contribution in [0.15, 0.2) is 42.5 Å². The molecule has 0 bridgehead atoms. The highest BCUT2D eigenvalue weighted by atomic mass is 32.2. The van der Waals surface area contributed by atoms with Crippen molar-refractivity contribution in [2.75, 3.05) is 25.4 Å². The summed E-state index contributed by atoms with van der Waals surface area (Å²) in [4.78, 5) is 10.9. The molecule has 3 N–H and O–H groups in total. The number of aliphatic hydroxyl groups excluding tert-OH is 2. The van der Waals surface area contributed by atoms with Crippen LogP contribution in [0.3, 0.4) is 0 Å². The molecule has 3 aromatic rings. The Balaban J connectivity index is 0.000000327. The standard InChI is InChI=1S/C16H10F4N2O2.C5H11NOS.CH3FO/c17-10-2-1-3-11(7-10)22-13-5-4-9(8-23)6-12(13)14(21-22)15(24)16(18,19)20;1-5(6-2)3-8(7)4-5;2-1-3/h1-8,15,24H;6H,3-4H2,1-2H3;3H,1H2. The minimum atomic E-state index is -4.93. The van der Waals surface area contributed by atoms with Gasteiger partial charge >= 0.3 is 6.18 Å². The number of hydrogen-bond acceptors (Lipinski definition) is 6. The summed E-state index contributed by atoms with van der Waals surface area (Å²) < 4.78 is 73.6. The lowest BCUT2D eigenvalue weighted by Crippen LogP contribution is -2.58. The van der Waals surface area contributed by atoms with Crippen molar-refractivity contribution in [2.45, 2.75) is 24.7 Å². The molecule has 2 aromatic carbocycles. The molecule has 35 heavy (non-hydrogen) atoms. The molecule has 1 atom stereocenters. The summed E-state index contributed by atoms with van der Waals surface area (Å²) in [5.41, 5.74) is 0.0802. The van der Waals surface area contributed by atoms with E-state index in [1.54, 1.807) is 0 Å². The Hall–Kier alpha value is -2.74. The molecule has 1 aliphatic rings. The largest absolute Gasteiger partial charge is 0.420 e. The SMILES string of the molecule is CNC1(C)CS(=O)C1.O=Cc1ccc2c(c1)c(C(O)C(F)(F)F)nn2-c1cccc(F)c1.OCF. The van der Waals surface area contributed by atoms with Crippen molar-refractivity contribution in [1.29, 1.82) is 0 Å². The monoisotopic (exact) mass is 521 g/mol. The Morgan fingerprint density at radius 3 is 2.34 bits per heavy atom. The molecule has 0 spiro atoms. The Labute approximate surface area is 200 Å². The van der Waals surface area contributed by atoms with Crippen LogP contribution < -0.4 is 5.32 Å². The number of aldehydes is 1. The van der Waals surface area contributed by atoms with Crippen LogP contribution >= 0.6 is 0 Å². The van der Waals surface area contributed by atoms with Gasteiger partial charge in [-0.2, -0.15) is 18.3 Å². The van der Waals surface area contributed by atoms with Crippen LogP contribution in [0.5, 0.6) is 0 Å². The number of fused-ring (bicyclic) bond motifs is 1. The molecule has 4 rings (SSSR count). The van der Waals surface area contributed by atoms with Gasteiger partial charge in [0, 0.05) is 38.8 Å². The lowest BCUT2D eigenvalue weighted by atomic mass is 10.1. The van der Waals surface area contributed by atoms with Gasteiger partial charge in [0.25, 0.3) is 0 Å². The lowest BCUT2D eigenvalue weighted by molar-refractivity contribution is -0.207. The van der Waals surface area contributed by atoms with Crippen LogP contribution in [0.1, 0.15) is 29.1 Å². The van der Waals surface area contributed by atoms with Gasteiger partial charge in [-0.25, -0.2) is 13.5 Å². The van der Waals surface area contributed by atoms with Gasteiger partial charge in [0.1, 0.15) is 17.8 Å². The van der Waals surface area contributed by atoms with E-state index in [0.717, 1.165) is 22.3 Å². The van der Waals surface area contributed by atoms with E-state index in [4.69, 9.17) is 5.11 Å². The van der Waals surface area contributed by atoms with Crippen molar-refractivity contribution >= 4 is 28.0 Å². The number of alkyl halides is 4. The van der Waals surface area contributed by atoms with Crippen molar-refractivity contribution in [3.63, 3.8) is 0 Å². The predicted molar refractivity (Wildman–Crippen MR) is 121 cm³/mol. The Morgan fingerprint density at radius 1 is 1.26 bits per heavy atom. The van der Waals surface area contributed by atoms with Crippen molar-refractivity contribution in [3.8, 4) is 5.69 Å². The number of aromatic nitrogens is 2. The van der Waals surface area contributed by atoms with Crippen molar-refractivity contribution in [1.82, 2.24) is 15.1 Å². The van der Waals surface area contributed by atoms with E-state index in [2.05, 4.69) is 17.3 Å². The second-order valence-electron chi connectivity index (χ2n) is 7.77. The topological polar surface area (TPSA) is 104 Å². The van der Waals surface area contributed by atoms with Crippen molar-refractivity contribution in [3.05, 3.63) is 59.5 Å². The summed E-state index contributed by atoms with van der Waals surface area (Å²) in [5.74, 6) is 1.06. The highest BCUT2D eigenvalue weighted by molar-refractivity contribution is 7.86. The van der Waals surface area contributed by atoms with E-state index in [-0.39, 0.29) is 27.7 Å². The van der Waals surface area contributed by atoms with Crippen LogP contribution in [-0.2, 0) is 10.8 Å². The van der Waals surface area contributed by atoms with Gasteiger partial charge < -0.3 is 15.5 Å². The summed E-state index contributed by atoms with van der Waals surface area (Å²) >= 11 is 0. The molecule has 13 heteroatoms. The van der Waals surface area contributed by atoms with Gasteiger partial charge in [-0.1, -0.05) is 6.07 Å². The zero-order chi connectivity index (χ0) is 26.4. The van der Waals surface area contributed by atoms with Crippen molar-refractivity contribution in [2.24, 2.45) is 0 Å². The third-order valence-corrected chi connectivity index (χ3v) is 6.97. The number of rotatable bonds is 4. The maximum absolute atomic E-state index is 13.4. The van der Waals surface area contributed by atoms with Crippen LogP contribution in [0, 0.1) is 5.82 Å². The third kappa shape index (κ3) is 7.13. The highest BCUT2D eigenvalue weighted by Crippen LogP contribution is 2.36. The van der Waals surface area contributed by atoms with E-state index in [1.807, 2.05) is 7.05 Å². The maximum atomic E-state index is 13.4. The first-order valence-corrected chi connectivity index (χ1v) is 11.6. The molecule has 1 aromatic heterocycles. The fraction of sp³-hybridized carbons (Fsp3) is 0.364. The first kappa shape index (κ1) is 28.5. The molecule has 0 saturated carbocycles. The lowest BCUT2D eigenvalue weighted by Gasteiger charge is -2.36. The smallest absolute Gasteiger partial charge is 0.378 e. The number of nitrogens with zero attached hydrogens (tertiary/aromatic N) is 2. The van der Waals surface area contributed by atoms with Gasteiger partial charge in [-0.15, -0.1) is 0 Å². The fourth-order valence-corrected chi connectivity index (χ4v) is 4.83.